The van der Waals surface area contributed by atoms with Gasteiger partial charge in [-0.15, -0.1) is 0 Å². The first-order valence-electron chi connectivity index (χ1n) is 5.31. The van der Waals surface area contributed by atoms with E-state index in [1.165, 1.54) is 6.92 Å². The molecule has 1 unspecified atom stereocenters. The normalized spacial score (nSPS) is 11.9. The highest BCUT2D eigenvalue weighted by atomic mass is 16.6. The van der Waals surface area contributed by atoms with Gasteiger partial charge in [0, 0.05) is 17.7 Å². The van der Waals surface area contributed by atoms with Gasteiger partial charge in [-0.3, -0.25) is 0 Å². The summed E-state index contributed by atoms with van der Waals surface area (Å²) in [4.78, 5) is 32.5. The minimum absolute atomic E-state index is 0.0884. The summed E-state index contributed by atoms with van der Waals surface area (Å²) in [5.74, 6) is -2.60. The Bertz CT molecular complexity index is 369. The molecule has 0 aliphatic rings. The predicted octanol–water partition coefficient (Wildman–Crippen LogP) is 1.07. The molecule has 6 heteroatoms. The maximum atomic E-state index is 11.2. The molecule has 18 heavy (non-hydrogen) atoms. The average molecular weight is 256 g/mol. The van der Waals surface area contributed by atoms with Crippen molar-refractivity contribution in [2.24, 2.45) is 0 Å². The molecule has 0 saturated carbocycles. The fraction of sp³-hybridized carbons (Fsp3) is 0.417. The second-order valence-electron chi connectivity index (χ2n) is 3.52. The van der Waals surface area contributed by atoms with E-state index in [0.29, 0.717) is 12.5 Å². The maximum Gasteiger partial charge on any atom is 0.333 e. The molecular formula is C12H16O6. The van der Waals surface area contributed by atoms with E-state index in [4.69, 9.17) is 14.6 Å². The number of rotatable bonds is 7. The van der Waals surface area contributed by atoms with Crippen LogP contribution in [0, 0.1) is 0 Å². The number of hydrogen-bond acceptors (Lipinski definition) is 5. The van der Waals surface area contributed by atoms with E-state index < -0.39 is 24.0 Å². The summed E-state index contributed by atoms with van der Waals surface area (Å²) in [5.41, 5.74) is 0.252. The van der Waals surface area contributed by atoms with Crippen LogP contribution in [0.15, 0.2) is 24.3 Å². The lowest BCUT2D eigenvalue weighted by Crippen LogP contribution is -2.24. The molecular weight excluding hydrogens is 240 g/mol. The van der Waals surface area contributed by atoms with Gasteiger partial charge in [-0.1, -0.05) is 13.5 Å². The Hall–Kier alpha value is -2.11. The van der Waals surface area contributed by atoms with Gasteiger partial charge >= 0.3 is 17.9 Å². The summed E-state index contributed by atoms with van der Waals surface area (Å²) >= 11 is 0. The van der Waals surface area contributed by atoms with E-state index >= 15 is 0 Å². The Morgan fingerprint density at radius 3 is 2.39 bits per heavy atom. The van der Waals surface area contributed by atoms with Gasteiger partial charge in [0.15, 0.2) is 0 Å². The third-order valence-electron chi connectivity index (χ3n) is 1.85. The highest BCUT2D eigenvalue weighted by molar-refractivity contribution is 5.90. The van der Waals surface area contributed by atoms with Crippen LogP contribution in [0.3, 0.4) is 0 Å². The molecule has 6 nitrogen and oxygen atoms in total. The van der Waals surface area contributed by atoms with Crippen molar-refractivity contribution in [1.82, 2.24) is 0 Å². The fourth-order valence-electron chi connectivity index (χ4n) is 0.870. The molecule has 0 aromatic rings. The van der Waals surface area contributed by atoms with Gasteiger partial charge in [0.2, 0.25) is 0 Å². The summed E-state index contributed by atoms with van der Waals surface area (Å²) in [6.45, 7) is 6.57. The fourth-order valence-corrected chi connectivity index (χ4v) is 0.870. The van der Waals surface area contributed by atoms with Gasteiger partial charge in [0.25, 0.3) is 0 Å². The molecule has 0 heterocycles. The summed E-state index contributed by atoms with van der Waals surface area (Å²) in [6.07, 6.45) is 1.30. The zero-order valence-electron chi connectivity index (χ0n) is 10.3. The Morgan fingerprint density at radius 2 is 1.94 bits per heavy atom. The lowest BCUT2D eigenvalue weighted by Gasteiger charge is -2.15. The van der Waals surface area contributed by atoms with Crippen LogP contribution >= 0.6 is 0 Å². The molecule has 1 atom stereocenters. The van der Waals surface area contributed by atoms with Crippen molar-refractivity contribution in [3.63, 3.8) is 0 Å². The Kier molecular flexibility index (Phi) is 7.11. The van der Waals surface area contributed by atoms with Gasteiger partial charge < -0.3 is 14.6 Å². The van der Waals surface area contributed by atoms with E-state index in [2.05, 4.69) is 6.58 Å². The number of aliphatic carboxylic acids is 1. The Labute approximate surface area is 105 Å². The number of hydrogen-bond donors (Lipinski definition) is 1. The molecule has 1 N–H and O–H groups in total. The molecule has 0 spiro atoms. The molecule has 0 saturated heterocycles. The lowest BCUT2D eigenvalue weighted by atomic mass is 10.3. The van der Waals surface area contributed by atoms with Crippen molar-refractivity contribution in [2.75, 3.05) is 6.61 Å². The molecule has 0 aromatic heterocycles. The van der Waals surface area contributed by atoms with Crippen LogP contribution in [0.4, 0.5) is 0 Å². The maximum absolute atomic E-state index is 11.2. The van der Waals surface area contributed by atoms with E-state index in [0.717, 1.165) is 6.08 Å². The van der Waals surface area contributed by atoms with E-state index in [1.54, 1.807) is 6.92 Å². The van der Waals surface area contributed by atoms with E-state index in [-0.39, 0.29) is 12.2 Å². The number of carboxylic acid groups (broad SMARTS) is 1. The number of esters is 2. The molecule has 0 rings (SSSR count). The summed E-state index contributed by atoms with van der Waals surface area (Å²) in [5, 5.41) is 8.32. The van der Waals surface area contributed by atoms with Crippen LogP contribution in [0.25, 0.3) is 0 Å². The van der Waals surface area contributed by atoms with Crippen molar-refractivity contribution in [2.45, 2.75) is 26.4 Å². The van der Waals surface area contributed by atoms with Crippen molar-refractivity contribution in [3.8, 4) is 0 Å². The minimum Gasteiger partial charge on any atom is -0.478 e. The Morgan fingerprint density at radius 1 is 1.33 bits per heavy atom. The van der Waals surface area contributed by atoms with Crippen LogP contribution in [0.5, 0.6) is 0 Å². The summed E-state index contributed by atoms with van der Waals surface area (Å²) < 4.78 is 9.71. The standard InChI is InChI=1S/C12H16O6/c1-4-9(7-17-12(16)8(2)3)18-11(15)6-5-10(13)14/h5-6,9H,2,4,7H2,1,3H3,(H,13,14)/b6-5+. The zero-order valence-corrected chi connectivity index (χ0v) is 10.3. The molecule has 0 aromatic carbocycles. The van der Waals surface area contributed by atoms with Gasteiger partial charge in [-0.25, -0.2) is 14.4 Å². The molecule has 0 bridgehead atoms. The van der Waals surface area contributed by atoms with Gasteiger partial charge in [-0.2, -0.15) is 0 Å². The van der Waals surface area contributed by atoms with Crippen LogP contribution in [0.2, 0.25) is 0 Å². The predicted molar refractivity (Wildman–Crippen MR) is 62.7 cm³/mol. The van der Waals surface area contributed by atoms with Crippen LogP contribution < -0.4 is 0 Å². The molecule has 0 radical (unpaired) electrons. The zero-order chi connectivity index (χ0) is 14.1. The quantitative estimate of drug-likeness (QED) is 0.541. The first-order valence-corrected chi connectivity index (χ1v) is 5.31. The number of carboxylic acids is 1. The van der Waals surface area contributed by atoms with Crippen LogP contribution in [-0.2, 0) is 23.9 Å². The van der Waals surface area contributed by atoms with Gasteiger partial charge in [-0.05, 0) is 13.3 Å². The van der Waals surface area contributed by atoms with E-state index in [9.17, 15) is 14.4 Å². The first kappa shape index (κ1) is 15.9. The second-order valence-corrected chi connectivity index (χ2v) is 3.52. The molecule has 0 amide bonds. The van der Waals surface area contributed by atoms with Crippen molar-refractivity contribution in [1.29, 1.82) is 0 Å². The van der Waals surface area contributed by atoms with Gasteiger partial charge in [0.1, 0.15) is 12.7 Å². The first-order chi connectivity index (χ1) is 8.36. The lowest BCUT2D eigenvalue weighted by molar-refractivity contribution is -0.153. The average Bonchev–Trinajstić information content (AvgIpc) is 2.31. The largest absolute Gasteiger partial charge is 0.478 e. The van der Waals surface area contributed by atoms with Crippen molar-refractivity contribution >= 4 is 17.9 Å². The molecule has 100 valence electrons. The molecule has 0 aliphatic heterocycles. The van der Waals surface area contributed by atoms with Crippen molar-refractivity contribution < 1.29 is 29.0 Å². The monoisotopic (exact) mass is 256 g/mol. The highest BCUT2D eigenvalue weighted by Gasteiger charge is 2.14. The van der Waals surface area contributed by atoms with Crippen molar-refractivity contribution in [3.05, 3.63) is 24.3 Å². The number of carbonyl (C=O) groups excluding carboxylic acids is 2. The smallest absolute Gasteiger partial charge is 0.333 e. The third-order valence-corrected chi connectivity index (χ3v) is 1.85. The van der Waals surface area contributed by atoms with Gasteiger partial charge in [0.05, 0.1) is 0 Å². The van der Waals surface area contributed by atoms with Crippen LogP contribution in [-0.4, -0.2) is 35.7 Å². The molecule has 0 aliphatic carbocycles. The number of ether oxygens (including phenoxy) is 2. The SMILES string of the molecule is C=C(C)C(=O)OCC(CC)OC(=O)/C=C/C(=O)O. The second kappa shape index (κ2) is 8.05. The van der Waals surface area contributed by atoms with E-state index in [1.807, 2.05) is 0 Å². The summed E-state index contributed by atoms with van der Waals surface area (Å²) in [7, 11) is 0. The number of carbonyl (C=O) groups is 3. The topological polar surface area (TPSA) is 89.9 Å². The molecule has 0 fully saturated rings. The highest BCUT2D eigenvalue weighted by Crippen LogP contribution is 2.02. The van der Waals surface area contributed by atoms with Crippen LogP contribution in [0.1, 0.15) is 20.3 Å². The third kappa shape index (κ3) is 7.21. The minimum atomic E-state index is -1.24. The Balaban J connectivity index is 4.19. The summed E-state index contributed by atoms with van der Waals surface area (Å²) in [6, 6.07) is 0.